The van der Waals surface area contributed by atoms with Crippen molar-refractivity contribution in [3.63, 3.8) is 0 Å². The number of nitriles is 1. The molecule has 6 heterocycles. The molecule has 4 aliphatic heterocycles. The monoisotopic (exact) mass is 668 g/mol. The van der Waals surface area contributed by atoms with Crippen LogP contribution in [0.15, 0.2) is 12.1 Å². The second-order valence-electron chi connectivity index (χ2n) is 12.6. The van der Waals surface area contributed by atoms with Crippen molar-refractivity contribution in [2.45, 2.75) is 31.4 Å². The van der Waals surface area contributed by atoms with Crippen molar-refractivity contribution in [3.8, 4) is 29.0 Å². The molecular formula is C32H31ClF2N6O4S. The van der Waals surface area contributed by atoms with Crippen LogP contribution >= 0.6 is 22.9 Å². The van der Waals surface area contributed by atoms with E-state index in [1.165, 1.54) is 12.1 Å². The fourth-order valence-corrected chi connectivity index (χ4v) is 8.64. The van der Waals surface area contributed by atoms with Crippen LogP contribution in [-0.2, 0) is 9.47 Å². The third kappa shape index (κ3) is 4.57. The number of nitrogen functional groups attached to an aromatic ring is 1. The second-order valence-corrected chi connectivity index (χ2v) is 14.0. The Hall–Kier alpha value is -3.54. The summed E-state index contributed by atoms with van der Waals surface area (Å²) in [5.74, 6) is -0.610. The van der Waals surface area contributed by atoms with Gasteiger partial charge in [-0.25, -0.2) is 8.78 Å². The minimum absolute atomic E-state index is 0.0216. The summed E-state index contributed by atoms with van der Waals surface area (Å²) in [6.07, 6.45) is 2.82. The van der Waals surface area contributed by atoms with Crippen molar-refractivity contribution in [2.24, 2.45) is 11.3 Å². The number of hydrogen-bond donors (Lipinski definition) is 2. The number of thiophene rings is 1. The first-order valence-corrected chi connectivity index (χ1v) is 16.5. The maximum Gasteiger partial charge on any atom is 0.319 e. The van der Waals surface area contributed by atoms with Crippen LogP contribution in [0.25, 0.3) is 32.1 Å². The number of nitrogens with zero attached hydrogens (tertiary/aromatic N) is 4. The van der Waals surface area contributed by atoms with E-state index in [9.17, 15) is 5.26 Å². The summed E-state index contributed by atoms with van der Waals surface area (Å²) < 4.78 is 56.7. The molecule has 3 saturated heterocycles. The number of rotatable bonds is 7. The molecule has 0 spiro atoms. The zero-order chi connectivity index (χ0) is 31.7. The van der Waals surface area contributed by atoms with Crippen LogP contribution in [0.2, 0.25) is 5.02 Å². The summed E-state index contributed by atoms with van der Waals surface area (Å²) in [6, 6.07) is 4.62. The van der Waals surface area contributed by atoms with E-state index in [-0.39, 0.29) is 77.6 Å². The first-order valence-electron chi connectivity index (χ1n) is 15.3. The van der Waals surface area contributed by atoms with Gasteiger partial charge in [-0.2, -0.15) is 15.2 Å². The van der Waals surface area contributed by atoms with Crippen molar-refractivity contribution < 1.29 is 27.7 Å². The van der Waals surface area contributed by atoms with E-state index in [1.807, 2.05) is 7.05 Å². The predicted octanol–water partition coefficient (Wildman–Crippen LogP) is 5.28. The normalized spacial score (nSPS) is 25.0. The van der Waals surface area contributed by atoms with Crippen molar-refractivity contribution in [1.29, 1.82) is 5.26 Å². The highest BCUT2D eigenvalue weighted by atomic mass is 35.5. The van der Waals surface area contributed by atoms with E-state index in [0.29, 0.717) is 57.3 Å². The van der Waals surface area contributed by atoms with Gasteiger partial charge >= 0.3 is 6.01 Å². The number of ether oxygens (including phenoxy) is 4. The Labute approximate surface area is 272 Å². The number of likely N-dealkylation sites (N-methyl/N-ethyl adjacent to an activating group) is 1. The van der Waals surface area contributed by atoms with Gasteiger partial charge in [-0.05, 0) is 37.9 Å². The summed E-state index contributed by atoms with van der Waals surface area (Å²) in [7, 11) is 1.87. The number of benzene rings is 2. The minimum atomic E-state index is -0.765. The van der Waals surface area contributed by atoms with Gasteiger partial charge in [0, 0.05) is 42.0 Å². The highest BCUT2D eigenvalue weighted by molar-refractivity contribution is 7.23. The molecule has 240 valence electrons. The van der Waals surface area contributed by atoms with Gasteiger partial charge in [-0.1, -0.05) is 17.7 Å². The number of halogens is 3. The summed E-state index contributed by atoms with van der Waals surface area (Å²) in [4.78, 5) is 11.7. The number of nitrogens with two attached hydrogens (primary N) is 1. The Kier molecular flexibility index (Phi) is 7.34. The highest BCUT2D eigenvalue weighted by Crippen LogP contribution is 2.52. The maximum absolute atomic E-state index is 17.2. The van der Waals surface area contributed by atoms with Gasteiger partial charge < -0.3 is 34.9 Å². The molecule has 1 saturated carbocycles. The molecule has 5 aliphatic rings. The topological polar surface area (TPSA) is 128 Å². The van der Waals surface area contributed by atoms with Crippen molar-refractivity contribution in [1.82, 2.24) is 15.3 Å². The molecule has 2 aromatic carbocycles. The third-order valence-electron chi connectivity index (χ3n) is 9.78. The van der Waals surface area contributed by atoms with E-state index >= 15 is 8.78 Å². The molecule has 2 aromatic heterocycles. The van der Waals surface area contributed by atoms with Crippen LogP contribution < -0.4 is 25.4 Å². The number of nitrogens with one attached hydrogen (secondary N) is 1. The largest absolute Gasteiger partial charge is 0.491 e. The van der Waals surface area contributed by atoms with Crippen molar-refractivity contribution >= 4 is 54.7 Å². The summed E-state index contributed by atoms with van der Waals surface area (Å²) in [5.41, 5.74) is 6.17. The molecule has 0 radical (unpaired) electrons. The van der Waals surface area contributed by atoms with Gasteiger partial charge in [0.05, 0.1) is 59.2 Å². The lowest BCUT2D eigenvalue weighted by molar-refractivity contribution is 0.0289. The Balaban J connectivity index is 1.39. The smallest absolute Gasteiger partial charge is 0.319 e. The summed E-state index contributed by atoms with van der Waals surface area (Å²) >= 11 is 8.05. The minimum Gasteiger partial charge on any atom is -0.491 e. The third-order valence-corrected chi connectivity index (χ3v) is 11.2. The SMILES string of the molecule is CNCCN1c2nc(OCC34COC(C3)C4)nc3c(F)c(-c4ccc(F)c5sc(N)c(C#N)c45)c(Cl)c(c23)OCC2CCOCC21. The fraction of sp³-hybridized carbons (Fsp3) is 0.469. The van der Waals surface area contributed by atoms with Crippen LogP contribution in [-0.4, -0.2) is 75.3 Å². The van der Waals surface area contributed by atoms with Gasteiger partial charge in [0.15, 0.2) is 11.6 Å². The van der Waals surface area contributed by atoms with Gasteiger partial charge in [0.1, 0.15) is 28.2 Å². The van der Waals surface area contributed by atoms with Crippen LogP contribution in [0.1, 0.15) is 24.8 Å². The van der Waals surface area contributed by atoms with E-state index in [2.05, 4.69) is 21.3 Å². The van der Waals surface area contributed by atoms with Crippen LogP contribution in [0.3, 0.4) is 0 Å². The van der Waals surface area contributed by atoms with Crippen LogP contribution in [0.4, 0.5) is 19.6 Å². The van der Waals surface area contributed by atoms with Crippen LogP contribution in [0, 0.1) is 34.3 Å². The molecule has 14 heteroatoms. The molecule has 2 bridgehead atoms. The number of aromatic nitrogens is 2. The van der Waals surface area contributed by atoms with Crippen molar-refractivity contribution in [3.05, 3.63) is 34.4 Å². The Bertz CT molecular complexity index is 1920. The molecule has 1 aliphatic carbocycles. The van der Waals surface area contributed by atoms with E-state index < -0.39 is 11.6 Å². The molecule has 2 atom stereocenters. The number of anilines is 2. The Morgan fingerprint density at radius 2 is 2.11 bits per heavy atom. The van der Waals surface area contributed by atoms with Gasteiger partial charge in [-0.3, -0.25) is 0 Å². The Morgan fingerprint density at radius 3 is 2.87 bits per heavy atom. The zero-order valence-electron chi connectivity index (χ0n) is 25.0. The predicted molar refractivity (Wildman–Crippen MR) is 171 cm³/mol. The van der Waals surface area contributed by atoms with Crippen molar-refractivity contribution in [2.75, 3.05) is 63.8 Å². The molecule has 3 N–H and O–H groups in total. The lowest BCUT2D eigenvalue weighted by atomic mass is 9.71. The quantitative estimate of drug-likeness (QED) is 0.269. The second kappa shape index (κ2) is 11.3. The van der Waals surface area contributed by atoms with Gasteiger partial charge in [-0.15, -0.1) is 11.3 Å². The first kappa shape index (κ1) is 29.8. The molecule has 10 nitrogen and oxygen atoms in total. The van der Waals surface area contributed by atoms with Gasteiger partial charge in [0.2, 0.25) is 0 Å². The number of hydrogen-bond acceptors (Lipinski definition) is 11. The van der Waals surface area contributed by atoms with E-state index in [0.717, 1.165) is 30.6 Å². The first-order chi connectivity index (χ1) is 22.3. The molecule has 9 rings (SSSR count). The molecular weight excluding hydrogens is 638 g/mol. The molecule has 4 aromatic rings. The van der Waals surface area contributed by atoms with Crippen LogP contribution in [0.5, 0.6) is 11.8 Å². The highest BCUT2D eigenvalue weighted by Gasteiger charge is 2.52. The van der Waals surface area contributed by atoms with E-state index in [1.54, 1.807) is 0 Å². The van der Waals surface area contributed by atoms with Gasteiger partial charge in [0.25, 0.3) is 0 Å². The molecule has 0 amide bonds. The average molecular weight is 669 g/mol. The summed E-state index contributed by atoms with van der Waals surface area (Å²) in [6.45, 7) is 3.46. The lowest BCUT2D eigenvalue weighted by Crippen LogP contribution is -2.51. The lowest BCUT2D eigenvalue weighted by Gasteiger charge is -2.42. The zero-order valence-corrected chi connectivity index (χ0v) is 26.6. The Morgan fingerprint density at radius 1 is 1.26 bits per heavy atom. The molecule has 4 fully saturated rings. The molecule has 46 heavy (non-hydrogen) atoms. The fourth-order valence-electron chi connectivity index (χ4n) is 7.36. The summed E-state index contributed by atoms with van der Waals surface area (Å²) in [5, 5.41) is 13.8. The standard InChI is InChI=1S/C32H31ClF2N6O4S/c1-38-5-6-41-20-12-42-7-4-15(20)11-43-27-23-26(39-31(40-30(23)41)45-14-32-8-16(9-32)44-13-32)25(35)22(24(27)33)17-2-3-19(34)28-21(17)18(10-36)29(37)46-28/h2-3,15-16,20,38H,4-9,11-14,37H2,1H3. The van der Waals surface area contributed by atoms with E-state index in [4.69, 9.17) is 41.3 Å². The average Bonchev–Trinajstić information content (AvgIpc) is 3.74. The number of fused-ring (bicyclic) bond motifs is 3. The molecule has 2 unspecified atom stereocenters. The maximum atomic E-state index is 17.2.